The first-order valence-electron chi connectivity index (χ1n) is 8.07. The zero-order chi connectivity index (χ0) is 18.4. The molecule has 0 aliphatic heterocycles. The number of hydrogen-bond acceptors (Lipinski definition) is 4. The van der Waals surface area contributed by atoms with Crippen molar-refractivity contribution in [1.82, 2.24) is 9.78 Å². The van der Waals surface area contributed by atoms with Crippen LogP contribution in [0.3, 0.4) is 0 Å². The molecule has 0 bridgehead atoms. The van der Waals surface area contributed by atoms with Crippen LogP contribution in [-0.2, 0) is 6.54 Å². The van der Waals surface area contributed by atoms with Gasteiger partial charge in [0, 0.05) is 18.5 Å². The third-order valence-corrected chi connectivity index (χ3v) is 3.81. The second kappa shape index (κ2) is 9.81. The average Bonchev–Trinajstić information content (AvgIpc) is 3.21. The van der Waals surface area contributed by atoms with E-state index >= 15 is 0 Å². The Kier molecular flexibility index (Phi) is 7.47. The van der Waals surface area contributed by atoms with E-state index in [2.05, 4.69) is 15.4 Å². The van der Waals surface area contributed by atoms with Gasteiger partial charge in [-0.3, -0.25) is 0 Å². The molecule has 8 heteroatoms. The minimum Gasteiger partial charge on any atom is -0.497 e. The maximum atomic E-state index is 6.00. The summed E-state index contributed by atoms with van der Waals surface area (Å²) < 4.78 is 12.3. The number of nitrogens with one attached hydrogen (secondary N) is 1. The van der Waals surface area contributed by atoms with Gasteiger partial charge in [0.1, 0.15) is 11.5 Å². The number of nitrogens with zero attached hydrogens (tertiary/aromatic N) is 3. The molecule has 0 saturated carbocycles. The predicted octanol–water partition coefficient (Wildman–Crippen LogP) is 3.43. The van der Waals surface area contributed by atoms with E-state index < -0.39 is 0 Å². The second-order valence-corrected chi connectivity index (χ2v) is 5.51. The summed E-state index contributed by atoms with van der Waals surface area (Å²) in [7, 11) is 3.21. The van der Waals surface area contributed by atoms with Gasteiger partial charge >= 0.3 is 0 Å². The van der Waals surface area contributed by atoms with Crippen LogP contribution in [0.15, 0.2) is 65.9 Å². The largest absolute Gasteiger partial charge is 0.497 e. The van der Waals surface area contributed by atoms with Gasteiger partial charge in [-0.15, -0.1) is 24.0 Å². The minimum atomic E-state index is 0. The van der Waals surface area contributed by atoms with Gasteiger partial charge in [0.2, 0.25) is 0 Å². The van der Waals surface area contributed by atoms with Gasteiger partial charge in [0.05, 0.1) is 32.1 Å². The number of benzene rings is 2. The quantitative estimate of drug-likeness (QED) is 0.322. The summed E-state index contributed by atoms with van der Waals surface area (Å²) in [5.74, 6) is 1.66. The van der Waals surface area contributed by atoms with Crippen LogP contribution in [0.5, 0.6) is 11.5 Å². The van der Waals surface area contributed by atoms with E-state index in [1.165, 1.54) is 0 Å². The number of aromatic nitrogens is 2. The fourth-order valence-corrected chi connectivity index (χ4v) is 2.44. The summed E-state index contributed by atoms with van der Waals surface area (Å²) >= 11 is 0. The Morgan fingerprint density at radius 2 is 1.93 bits per heavy atom. The minimum absolute atomic E-state index is 0. The van der Waals surface area contributed by atoms with E-state index in [0.29, 0.717) is 29.7 Å². The van der Waals surface area contributed by atoms with E-state index in [9.17, 15) is 0 Å². The van der Waals surface area contributed by atoms with E-state index in [0.717, 1.165) is 11.3 Å². The molecule has 3 rings (SSSR count). The van der Waals surface area contributed by atoms with Crippen molar-refractivity contribution in [2.45, 2.75) is 6.54 Å². The lowest BCUT2D eigenvalue weighted by atomic mass is 10.2. The summed E-state index contributed by atoms with van der Waals surface area (Å²) in [6, 6.07) is 15.3. The Balaban J connectivity index is 0.00000261. The molecule has 1 heterocycles. The van der Waals surface area contributed by atoms with Gasteiger partial charge < -0.3 is 20.5 Å². The molecule has 0 saturated heterocycles. The van der Waals surface area contributed by atoms with Crippen molar-refractivity contribution in [3.05, 3.63) is 66.5 Å². The van der Waals surface area contributed by atoms with Crippen molar-refractivity contribution in [2.75, 3.05) is 19.5 Å². The van der Waals surface area contributed by atoms with Crippen LogP contribution < -0.4 is 20.5 Å². The molecule has 0 aliphatic carbocycles. The zero-order valence-corrected chi connectivity index (χ0v) is 17.5. The van der Waals surface area contributed by atoms with Gasteiger partial charge in [-0.1, -0.05) is 12.1 Å². The van der Waals surface area contributed by atoms with Crippen LogP contribution in [0.4, 0.5) is 5.69 Å². The Labute approximate surface area is 175 Å². The summed E-state index contributed by atoms with van der Waals surface area (Å²) in [6.07, 6.45) is 3.65. The van der Waals surface area contributed by atoms with Gasteiger partial charge in [-0.25, -0.2) is 9.67 Å². The molecule has 0 spiro atoms. The summed E-state index contributed by atoms with van der Waals surface area (Å²) in [6.45, 7) is 0.463. The van der Waals surface area contributed by atoms with Gasteiger partial charge in [-0.2, -0.15) is 5.10 Å². The molecule has 1 aromatic heterocycles. The molecule has 142 valence electrons. The molecular weight excluding hydrogens is 457 g/mol. The molecule has 0 atom stereocenters. The number of halogens is 1. The maximum absolute atomic E-state index is 6.00. The van der Waals surface area contributed by atoms with Crippen molar-refractivity contribution in [3.8, 4) is 17.2 Å². The van der Waals surface area contributed by atoms with E-state index in [4.69, 9.17) is 15.2 Å². The summed E-state index contributed by atoms with van der Waals surface area (Å²) in [4.78, 5) is 4.38. The van der Waals surface area contributed by atoms with Crippen molar-refractivity contribution in [2.24, 2.45) is 10.7 Å². The first kappa shape index (κ1) is 20.6. The molecule has 0 amide bonds. The molecule has 2 aromatic carbocycles. The topological polar surface area (TPSA) is 86.7 Å². The molecule has 0 aliphatic rings. The SMILES string of the molecule is COc1ccc(OC)c(NC(N)=NCc2ccc(-n3cccn3)cc2)c1.I. The highest BCUT2D eigenvalue weighted by atomic mass is 127. The van der Waals surface area contributed by atoms with Gasteiger partial charge in [-0.05, 0) is 35.9 Å². The third kappa shape index (κ3) is 5.36. The van der Waals surface area contributed by atoms with Crippen LogP contribution in [0.1, 0.15) is 5.56 Å². The van der Waals surface area contributed by atoms with Gasteiger partial charge in [0.25, 0.3) is 0 Å². The Bertz CT molecular complexity index is 880. The van der Waals surface area contributed by atoms with Crippen molar-refractivity contribution < 1.29 is 9.47 Å². The first-order valence-corrected chi connectivity index (χ1v) is 8.07. The normalized spacial score (nSPS) is 10.8. The molecular formula is C19H22IN5O2. The number of guanidine groups is 1. The van der Waals surface area contributed by atoms with Crippen molar-refractivity contribution in [3.63, 3.8) is 0 Å². The smallest absolute Gasteiger partial charge is 0.193 e. The highest BCUT2D eigenvalue weighted by Gasteiger charge is 2.06. The number of methoxy groups -OCH3 is 2. The summed E-state index contributed by atoms with van der Waals surface area (Å²) in [5.41, 5.74) is 8.74. The molecule has 3 N–H and O–H groups in total. The summed E-state index contributed by atoms with van der Waals surface area (Å²) in [5, 5.41) is 7.25. The fraction of sp³-hybridized carbons (Fsp3) is 0.158. The molecule has 7 nitrogen and oxygen atoms in total. The standard InChI is InChI=1S/C19H21N5O2.HI/c1-25-16-8-9-18(26-2)17(12-16)23-19(20)21-13-14-4-6-15(7-5-14)24-11-3-10-22-24;/h3-12H,13H2,1-2H3,(H3,20,21,23);1H. The van der Waals surface area contributed by atoms with E-state index in [-0.39, 0.29) is 24.0 Å². The average molecular weight is 479 g/mol. The predicted molar refractivity (Wildman–Crippen MR) is 117 cm³/mol. The Morgan fingerprint density at radius 3 is 2.56 bits per heavy atom. The zero-order valence-electron chi connectivity index (χ0n) is 15.1. The highest BCUT2D eigenvalue weighted by molar-refractivity contribution is 14.0. The van der Waals surface area contributed by atoms with Crippen LogP contribution >= 0.6 is 24.0 Å². The van der Waals surface area contributed by atoms with Gasteiger partial charge in [0.15, 0.2) is 5.96 Å². The van der Waals surface area contributed by atoms with Crippen LogP contribution in [0.25, 0.3) is 5.69 Å². The Hall–Kier alpha value is -2.75. The number of aliphatic imine (C=N–C) groups is 1. The molecule has 0 fully saturated rings. The number of nitrogens with two attached hydrogens (primary N) is 1. The lowest BCUT2D eigenvalue weighted by molar-refractivity contribution is 0.405. The number of anilines is 1. The number of hydrogen-bond donors (Lipinski definition) is 2. The van der Waals surface area contributed by atoms with Crippen molar-refractivity contribution >= 4 is 35.6 Å². The molecule has 0 radical (unpaired) electrons. The van der Waals surface area contributed by atoms with Crippen LogP contribution in [0.2, 0.25) is 0 Å². The highest BCUT2D eigenvalue weighted by Crippen LogP contribution is 2.28. The van der Waals surface area contributed by atoms with E-state index in [1.807, 2.05) is 48.7 Å². The van der Waals surface area contributed by atoms with Crippen molar-refractivity contribution in [1.29, 1.82) is 0 Å². The monoisotopic (exact) mass is 479 g/mol. The fourth-order valence-electron chi connectivity index (χ4n) is 2.44. The molecule has 0 unspecified atom stereocenters. The van der Waals surface area contributed by atoms with Crippen LogP contribution in [-0.4, -0.2) is 30.0 Å². The van der Waals surface area contributed by atoms with E-state index in [1.54, 1.807) is 31.2 Å². The maximum Gasteiger partial charge on any atom is 0.193 e. The third-order valence-electron chi connectivity index (χ3n) is 3.81. The van der Waals surface area contributed by atoms with Crippen LogP contribution in [0, 0.1) is 0 Å². The second-order valence-electron chi connectivity index (χ2n) is 5.51. The molecule has 3 aromatic rings. The molecule has 27 heavy (non-hydrogen) atoms. The number of ether oxygens (including phenoxy) is 2. The first-order chi connectivity index (χ1) is 12.7. The number of rotatable bonds is 6. The lowest BCUT2D eigenvalue weighted by Gasteiger charge is -2.12. The Morgan fingerprint density at radius 1 is 1.15 bits per heavy atom. The lowest BCUT2D eigenvalue weighted by Crippen LogP contribution is -2.23.